The van der Waals surface area contributed by atoms with Crippen LogP contribution in [0.3, 0.4) is 0 Å². The van der Waals surface area contributed by atoms with Crippen LogP contribution in [0.15, 0.2) is 39.1 Å². The molecular weight excluding hydrogens is 397 g/mol. The summed E-state index contributed by atoms with van der Waals surface area (Å²) in [6, 6.07) is 4.12. The molecule has 0 saturated carbocycles. The molecule has 1 fully saturated rings. The van der Waals surface area contributed by atoms with Crippen molar-refractivity contribution >= 4 is 22.1 Å². The Labute approximate surface area is 161 Å². The van der Waals surface area contributed by atoms with Crippen LogP contribution in [-0.4, -0.2) is 51.8 Å². The Morgan fingerprint density at radius 2 is 2.07 bits per heavy atom. The zero-order valence-electron chi connectivity index (χ0n) is 15.4. The van der Waals surface area contributed by atoms with E-state index in [1.807, 2.05) is 0 Å². The summed E-state index contributed by atoms with van der Waals surface area (Å²) in [5, 5.41) is 0. The van der Waals surface area contributed by atoms with E-state index in [4.69, 9.17) is 9.47 Å². The van der Waals surface area contributed by atoms with Gasteiger partial charge in [0.2, 0.25) is 0 Å². The van der Waals surface area contributed by atoms with Crippen LogP contribution in [0.5, 0.6) is 0 Å². The molecule has 2 aliphatic heterocycles. The quantitative estimate of drug-likeness (QED) is 0.756. The second-order valence-electron chi connectivity index (χ2n) is 7.11. The first-order valence-electron chi connectivity index (χ1n) is 8.73. The van der Waals surface area contributed by atoms with Crippen molar-refractivity contribution in [2.24, 2.45) is 15.9 Å². The first-order valence-corrected chi connectivity index (χ1v) is 10.2. The minimum Gasteiger partial charge on any atom is -0.467 e. The molecule has 0 spiro atoms. The van der Waals surface area contributed by atoms with Crippen LogP contribution >= 0.6 is 0 Å². The second kappa shape index (κ2) is 7.47. The fourth-order valence-electron chi connectivity index (χ4n) is 3.42. The average Bonchev–Trinajstić information content (AvgIpc) is 2.67. The number of nitrogens with zero attached hydrogens (tertiary/aromatic N) is 2. The first-order chi connectivity index (χ1) is 13.1. The minimum atomic E-state index is -4.61. The second-order valence-corrected chi connectivity index (χ2v) is 9.58. The first kappa shape index (κ1) is 20.8. The van der Waals surface area contributed by atoms with Gasteiger partial charge in [-0.3, -0.25) is 0 Å². The van der Waals surface area contributed by atoms with Gasteiger partial charge in [-0.05, 0) is 38.0 Å². The van der Waals surface area contributed by atoms with Crippen molar-refractivity contribution < 1.29 is 31.1 Å². The maximum absolute atomic E-state index is 13.2. The molecule has 154 valence electrons. The molecule has 0 amide bonds. The maximum atomic E-state index is 13.2. The molecule has 10 heteroatoms. The van der Waals surface area contributed by atoms with Crippen LogP contribution in [-0.2, 0) is 25.5 Å². The summed E-state index contributed by atoms with van der Waals surface area (Å²) in [4.78, 5) is 7.88. The molecule has 2 aliphatic rings. The molecule has 28 heavy (non-hydrogen) atoms. The number of rotatable bonds is 3. The van der Waals surface area contributed by atoms with Gasteiger partial charge < -0.3 is 9.47 Å². The zero-order valence-corrected chi connectivity index (χ0v) is 16.3. The summed E-state index contributed by atoms with van der Waals surface area (Å²) in [5.41, 5.74) is -0.985. The van der Waals surface area contributed by atoms with E-state index < -0.39 is 32.4 Å². The molecule has 3 unspecified atom stereocenters. The van der Waals surface area contributed by atoms with Crippen LogP contribution in [0.4, 0.5) is 13.2 Å². The number of ether oxygens (including phenoxy) is 2. The van der Waals surface area contributed by atoms with E-state index in [0.29, 0.717) is 12.6 Å². The van der Waals surface area contributed by atoms with Gasteiger partial charge in [0.1, 0.15) is 0 Å². The fourth-order valence-corrected chi connectivity index (χ4v) is 5.26. The summed E-state index contributed by atoms with van der Waals surface area (Å²) in [5.74, 6) is -0.227. The normalized spacial score (nSPS) is 28.7. The Balaban J connectivity index is 1.85. The van der Waals surface area contributed by atoms with E-state index in [-0.39, 0.29) is 36.3 Å². The summed E-state index contributed by atoms with van der Waals surface area (Å²) < 4.78 is 74.9. The van der Waals surface area contributed by atoms with Crippen molar-refractivity contribution in [2.75, 3.05) is 20.3 Å². The average molecular weight is 418 g/mol. The number of sulfone groups is 1. The molecule has 0 bridgehead atoms. The van der Waals surface area contributed by atoms with E-state index in [2.05, 4.69) is 9.98 Å². The standard InChI is InChI=1S/C18H21F3N2O4S/c1-17(28(24,25)14-5-3-4-13(8-14)18(19,20)21)6-7-27-15(9-17)12-10-22-16(26-2)23-11-12/h3-5,8,10,12,15H,6-7,9,11H2,1-2H3. The van der Waals surface area contributed by atoms with Crippen LogP contribution in [0, 0.1) is 5.92 Å². The van der Waals surface area contributed by atoms with E-state index in [1.54, 1.807) is 13.1 Å². The van der Waals surface area contributed by atoms with Crippen molar-refractivity contribution in [3.63, 3.8) is 0 Å². The lowest BCUT2D eigenvalue weighted by molar-refractivity contribution is -0.137. The lowest BCUT2D eigenvalue weighted by Gasteiger charge is -2.39. The number of hydrogen-bond acceptors (Lipinski definition) is 6. The predicted molar refractivity (Wildman–Crippen MR) is 97.3 cm³/mol. The van der Waals surface area contributed by atoms with E-state index in [0.717, 1.165) is 12.1 Å². The number of halogens is 3. The molecule has 1 aromatic rings. The van der Waals surface area contributed by atoms with Gasteiger partial charge in [0.25, 0.3) is 0 Å². The Kier molecular flexibility index (Phi) is 5.55. The van der Waals surface area contributed by atoms with E-state index in [1.165, 1.54) is 13.2 Å². The van der Waals surface area contributed by atoms with Gasteiger partial charge in [-0.1, -0.05) is 6.07 Å². The topological polar surface area (TPSA) is 77.3 Å². The number of aliphatic imine (C=N–C) groups is 2. The van der Waals surface area contributed by atoms with Crippen molar-refractivity contribution in [3.8, 4) is 0 Å². The van der Waals surface area contributed by atoms with Gasteiger partial charge in [-0.2, -0.15) is 13.2 Å². The third-order valence-corrected chi connectivity index (χ3v) is 7.73. The maximum Gasteiger partial charge on any atom is 0.416 e. The molecule has 1 aromatic carbocycles. The molecule has 6 nitrogen and oxygen atoms in total. The Hall–Kier alpha value is -1.94. The van der Waals surface area contributed by atoms with Gasteiger partial charge in [-0.25, -0.2) is 18.4 Å². The van der Waals surface area contributed by atoms with E-state index >= 15 is 0 Å². The molecule has 0 N–H and O–H groups in total. The molecule has 2 heterocycles. The highest BCUT2D eigenvalue weighted by Crippen LogP contribution is 2.40. The Bertz CT molecular complexity index is 898. The minimum absolute atomic E-state index is 0.139. The smallest absolute Gasteiger partial charge is 0.416 e. The molecule has 0 aliphatic carbocycles. The summed E-state index contributed by atoms with van der Waals surface area (Å²) in [6.07, 6.45) is -3.11. The SMILES string of the molecule is COC1=NCC(C2CC(C)(S(=O)(=O)c3cccc(C(F)(F)F)c3)CCO2)C=N1. The summed E-state index contributed by atoms with van der Waals surface area (Å²) >= 11 is 0. The van der Waals surface area contributed by atoms with Crippen molar-refractivity contribution in [3.05, 3.63) is 29.8 Å². The molecule has 3 atom stereocenters. The number of amidine groups is 1. The zero-order chi connectivity index (χ0) is 20.6. The van der Waals surface area contributed by atoms with E-state index in [9.17, 15) is 21.6 Å². The Morgan fingerprint density at radius 1 is 1.32 bits per heavy atom. The molecule has 1 saturated heterocycles. The third kappa shape index (κ3) is 3.93. The lowest BCUT2D eigenvalue weighted by Crippen LogP contribution is -2.48. The highest BCUT2D eigenvalue weighted by molar-refractivity contribution is 7.92. The largest absolute Gasteiger partial charge is 0.467 e. The van der Waals surface area contributed by atoms with Crippen molar-refractivity contribution in [1.82, 2.24) is 0 Å². The Morgan fingerprint density at radius 3 is 2.68 bits per heavy atom. The number of alkyl halides is 3. The monoisotopic (exact) mass is 418 g/mol. The summed E-state index contributed by atoms with van der Waals surface area (Å²) in [7, 11) is -2.57. The fraction of sp³-hybridized carbons (Fsp3) is 0.556. The lowest BCUT2D eigenvalue weighted by atomic mass is 9.89. The number of benzene rings is 1. The molecule has 0 radical (unpaired) electrons. The van der Waals surface area contributed by atoms with Gasteiger partial charge >= 0.3 is 12.2 Å². The van der Waals surface area contributed by atoms with Crippen molar-refractivity contribution in [1.29, 1.82) is 0 Å². The molecule has 3 rings (SSSR count). The van der Waals surface area contributed by atoms with Crippen LogP contribution in [0.2, 0.25) is 0 Å². The number of hydrogen-bond donors (Lipinski definition) is 0. The van der Waals surface area contributed by atoms with Gasteiger partial charge in [0, 0.05) is 18.7 Å². The summed E-state index contributed by atoms with van der Waals surface area (Å²) in [6.45, 7) is 2.09. The number of methoxy groups -OCH3 is 1. The third-order valence-electron chi connectivity index (χ3n) is 5.19. The van der Waals surface area contributed by atoms with Crippen molar-refractivity contribution in [2.45, 2.75) is 41.7 Å². The highest BCUT2D eigenvalue weighted by atomic mass is 32.2. The molecular formula is C18H21F3N2O4S. The van der Waals surface area contributed by atoms with Gasteiger partial charge in [-0.15, -0.1) is 0 Å². The molecule has 0 aromatic heterocycles. The van der Waals surface area contributed by atoms with Crippen LogP contribution in [0.25, 0.3) is 0 Å². The van der Waals surface area contributed by atoms with Crippen LogP contribution < -0.4 is 0 Å². The van der Waals surface area contributed by atoms with Crippen LogP contribution in [0.1, 0.15) is 25.3 Å². The van der Waals surface area contributed by atoms with Gasteiger partial charge in [0.15, 0.2) is 9.84 Å². The highest BCUT2D eigenvalue weighted by Gasteiger charge is 2.47. The predicted octanol–water partition coefficient (Wildman–Crippen LogP) is 3.12. The van der Waals surface area contributed by atoms with Gasteiger partial charge in [0.05, 0.1) is 35.0 Å².